The number of halogens is 1. The summed E-state index contributed by atoms with van der Waals surface area (Å²) in [4.78, 5) is 12.5. The zero-order chi connectivity index (χ0) is 14.7. The number of carbonyl (C=O) groups excluding carboxylic acids is 1. The number of hydrogen-bond donors (Lipinski definition) is 2. The second-order valence-corrected chi connectivity index (χ2v) is 5.32. The maximum atomic E-state index is 12.5. The Bertz CT molecular complexity index is 618. The summed E-state index contributed by atoms with van der Waals surface area (Å²) in [5.41, 5.74) is 1.26. The zero-order valence-corrected chi connectivity index (χ0v) is 13.1. The summed E-state index contributed by atoms with van der Waals surface area (Å²) in [5.74, 6) is -0.0831. The summed E-state index contributed by atoms with van der Waals surface area (Å²) in [6, 6.07) is 7.95. The molecule has 118 valence electrons. The number of rotatable bonds is 3. The van der Waals surface area contributed by atoms with E-state index in [4.69, 9.17) is 0 Å². The smallest absolute Gasteiger partial charge is 0.253 e. The van der Waals surface area contributed by atoms with Crippen LogP contribution in [0.1, 0.15) is 30.1 Å². The van der Waals surface area contributed by atoms with E-state index in [2.05, 4.69) is 33.1 Å². The van der Waals surface area contributed by atoms with Gasteiger partial charge in [-0.2, -0.15) is 4.68 Å². The fourth-order valence-electron chi connectivity index (χ4n) is 2.66. The molecule has 0 bridgehead atoms. The van der Waals surface area contributed by atoms with Crippen molar-refractivity contribution in [2.24, 2.45) is 0 Å². The lowest BCUT2D eigenvalue weighted by molar-refractivity contribution is 0.0925. The Labute approximate surface area is 134 Å². The first-order valence-corrected chi connectivity index (χ1v) is 7.10. The first-order valence-electron chi connectivity index (χ1n) is 7.10. The Morgan fingerprint density at radius 2 is 2.23 bits per heavy atom. The van der Waals surface area contributed by atoms with Gasteiger partial charge in [0.05, 0.1) is 11.3 Å². The van der Waals surface area contributed by atoms with Crippen molar-refractivity contribution in [3.8, 4) is 5.69 Å². The second kappa shape index (κ2) is 7.33. The van der Waals surface area contributed by atoms with Crippen LogP contribution in [0.3, 0.4) is 0 Å². The number of aromatic nitrogens is 4. The number of amides is 1. The monoisotopic (exact) mass is 322 g/mol. The van der Waals surface area contributed by atoms with E-state index in [0.29, 0.717) is 17.3 Å². The maximum absolute atomic E-state index is 12.5. The first-order chi connectivity index (χ1) is 10.2. The largest absolute Gasteiger partial charge is 0.349 e. The fraction of sp³-hybridized carbons (Fsp3) is 0.429. The molecule has 2 aromatic rings. The van der Waals surface area contributed by atoms with Crippen LogP contribution < -0.4 is 10.6 Å². The Morgan fingerprint density at radius 1 is 1.41 bits per heavy atom. The van der Waals surface area contributed by atoms with Crippen molar-refractivity contribution in [1.29, 1.82) is 0 Å². The number of tetrazole rings is 1. The van der Waals surface area contributed by atoms with Gasteiger partial charge in [0.2, 0.25) is 0 Å². The molecule has 0 saturated carbocycles. The summed E-state index contributed by atoms with van der Waals surface area (Å²) in [6.45, 7) is 3.06. The van der Waals surface area contributed by atoms with Crippen LogP contribution in [0.15, 0.2) is 30.6 Å². The van der Waals surface area contributed by atoms with E-state index in [9.17, 15) is 4.79 Å². The highest BCUT2D eigenvalue weighted by atomic mass is 35.5. The molecule has 1 aliphatic rings. The maximum Gasteiger partial charge on any atom is 0.253 e. The van der Waals surface area contributed by atoms with E-state index in [1.54, 1.807) is 6.07 Å². The van der Waals surface area contributed by atoms with E-state index in [0.717, 1.165) is 19.4 Å². The highest BCUT2D eigenvalue weighted by Gasteiger charge is 2.22. The molecule has 1 fully saturated rings. The molecule has 1 aromatic heterocycles. The van der Waals surface area contributed by atoms with Crippen LogP contribution in [0.5, 0.6) is 0 Å². The van der Waals surface area contributed by atoms with Gasteiger partial charge in [-0.05, 0) is 48.9 Å². The minimum absolute atomic E-state index is 0. The normalized spacial score (nSPS) is 21.0. The Balaban J connectivity index is 0.00000176. The number of carbonyl (C=O) groups is 1. The first kappa shape index (κ1) is 16.4. The molecule has 0 radical (unpaired) electrons. The minimum Gasteiger partial charge on any atom is -0.349 e. The average Bonchev–Trinajstić information content (AvgIpc) is 3.01. The van der Waals surface area contributed by atoms with Crippen molar-refractivity contribution < 1.29 is 4.79 Å². The molecule has 1 amide bonds. The molecule has 7 nitrogen and oxygen atoms in total. The van der Waals surface area contributed by atoms with E-state index < -0.39 is 0 Å². The summed E-state index contributed by atoms with van der Waals surface area (Å²) >= 11 is 0. The average molecular weight is 323 g/mol. The van der Waals surface area contributed by atoms with Gasteiger partial charge in [-0.3, -0.25) is 4.79 Å². The van der Waals surface area contributed by atoms with Crippen LogP contribution in [-0.4, -0.2) is 44.7 Å². The molecule has 1 aromatic carbocycles. The minimum atomic E-state index is -0.0831. The number of benzene rings is 1. The number of para-hydroxylation sites is 1. The van der Waals surface area contributed by atoms with Gasteiger partial charge in [0.1, 0.15) is 6.33 Å². The second-order valence-electron chi connectivity index (χ2n) is 5.32. The van der Waals surface area contributed by atoms with Crippen LogP contribution in [0.2, 0.25) is 0 Å². The van der Waals surface area contributed by atoms with Crippen LogP contribution in [0, 0.1) is 0 Å². The zero-order valence-electron chi connectivity index (χ0n) is 12.3. The van der Waals surface area contributed by atoms with Gasteiger partial charge in [-0.1, -0.05) is 12.1 Å². The predicted octanol–water partition coefficient (Wildman–Crippen LogP) is 0.954. The Kier molecular flexibility index (Phi) is 5.46. The third-order valence-corrected chi connectivity index (χ3v) is 3.70. The molecular formula is C14H19ClN6O. The molecule has 22 heavy (non-hydrogen) atoms. The van der Waals surface area contributed by atoms with Crippen LogP contribution >= 0.6 is 12.4 Å². The third-order valence-electron chi connectivity index (χ3n) is 3.70. The molecule has 2 heterocycles. The summed E-state index contributed by atoms with van der Waals surface area (Å²) in [5, 5.41) is 17.6. The van der Waals surface area contributed by atoms with Crippen molar-refractivity contribution in [3.05, 3.63) is 36.2 Å². The molecular weight excluding hydrogens is 304 g/mol. The topological polar surface area (TPSA) is 84.7 Å². The van der Waals surface area contributed by atoms with Crippen molar-refractivity contribution in [2.45, 2.75) is 31.8 Å². The van der Waals surface area contributed by atoms with Crippen molar-refractivity contribution in [2.75, 3.05) is 6.54 Å². The van der Waals surface area contributed by atoms with E-state index in [1.165, 1.54) is 11.0 Å². The molecule has 3 rings (SSSR count). The number of piperidine rings is 1. The van der Waals surface area contributed by atoms with Crippen molar-refractivity contribution >= 4 is 18.3 Å². The fourth-order valence-corrected chi connectivity index (χ4v) is 2.66. The molecule has 2 N–H and O–H groups in total. The number of nitrogens with zero attached hydrogens (tertiary/aromatic N) is 4. The summed E-state index contributed by atoms with van der Waals surface area (Å²) in [7, 11) is 0. The molecule has 8 heteroatoms. The van der Waals surface area contributed by atoms with Gasteiger partial charge in [-0.25, -0.2) is 0 Å². The highest BCUT2D eigenvalue weighted by molar-refractivity contribution is 5.97. The molecule has 1 aliphatic heterocycles. The molecule has 2 atom stereocenters. The Morgan fingerprint density at radius 3 is 2.95 bits per heavy atom. The molecule has 0 aliphatic carbocycles. The number of hydrogen-bond acceptors (Lipinski definition) is 5. The van der Waals surface area contributed by atoms with Gasteiger partial charge in [-0.15, -0.1) is 17.5 Å². The van der Waals surface area contributed by atoms with Crippen LogP contribution in [0.25, 0.3) is 5.69 Å². The van der Waals surface area contributed by atoms with E-state index >= 15 is 0 Å². The SMILES string of the molecule is CC1CC(NC(=O)c2ccccc2-n2cnnn2)CCN1.Cl. The van der Waals surface area contributed by atoms with Gasteiger partial charge >= 0.3 is 0 Å². The third kappa shape index (κ3) is 3.61. The lowest BCUT2D eigenvalue weighted by Crippen LogP contribution is -2.46. The Hall–Kier alpha value is -1.99. The highest BCUT2D eigenvalue weighted by Crippen LogP contribution is 2.14. The molecule has 2 unspecified atom stereocenters. The summed E-state index contributed by atoms with van der Waals surface area (Å²) in [6.07, 6.45) is 3.38. The van der Waals surface area contributed by atoms with Gasteiger partial charge in [0.25, 0.3) is 5.91 Å². The van der Waals surface area contributed by atoms with Crippen molar-refractivity contribution in [1.82, 2.24) is 30.8 Å². The van der Waals surface area contributed by atoms with Crippen LogP contribution in [-0.2, 0) is 0 Å². The van der Waals surface area contributed by atoms with Crippen molar-refractivity contribution in [3.63, 3.8) is 0 Å². The van der Waals surface area contributed by atoms with E-state index in [1.807, 2.05) is 18.2 Å². The molecule has 0 spiro atoms. The predicted molar refractivity (Wildman–Crippen MR) is 84.4 cm³/mol. The van der Waals surface area contributed by atoms with Gasteiger partial charge in [0.15, 0.2) is 0 Å². The summed E-state index contributed by atoms with van der Waals surface area (Å²) < 4.78 is 1.50. The lowest BCUT2D eigenvalue weighted by atomic mass is 10.00. The standard InChI is InChI=1S/C14H18N6O.ClH/c1-10-8-11(6-7-15-10)17-14(21)12-4-2-3-5-13(12)20-9-16-18-19-20;/h2-5,9-11,15H,6-8H2,1H3,(H,17,21);1H. The molecule has 1 saturated heterocycles. The number of nitrogens with one attached hydrogen (secondary N) is 2. The quantitative estimate of drug-likeness (QED) is 0.879. The lowest BCUT2D eigenvalue weighted by Gasteiger charge is -2.28. The van der Waals surface area contributed by atoms with E-state index in [-0.39, 0.29) is 24.4 Å². The van der Waals surface area contributed by atoms with Gasteiger partial charge in [0, 0.05) is 12.1 Å². The van der Waals surface area contributed by atoms with Crippen LogP contribution in [0.4, 0.5) is 0 Å². The van der Waals surface area contributed by atoms with Gasteiger partial charge < -0.3 is 10.6 Å².